The second kappa shape index (κ2) is 20.0. The van der Waals surface area contributed by atoms with Crippen LogP contribution in [0.2, 0.25) is 0 Å². The molecule has 0 heterocycles. The van der Waals surface area contributed by atoms with Gasteiger partial charge < -0.3 is 14.9 Å². The maximum Gasteiger partial charge on any atom is 0.341 e. The van der Waals surface area contributed by atoms with Crippen molar-refractivity contribution in [2.24, 2.45) is 0 Å². The van der Waals surface area contributed by atoms with Crippen molar-refractivity contribution in [3.8, 4) is 51.7 Å². The quantitative estimate of drug-likeness (QED) is 0.0913. The lowest BCUT2D eigenvalue weighted by Crippen LogP contribution is -2.09. The van der Waals surface area contributed by atoms with E-state index in [1.807, 2.05) is 64.1 Å². The molecule has 0 radical (unpaired) electrons. The molecule has 5 nitrogen and oxygen atoms in total. The van der Waals surface area contributed by atoms with Crippen LogP contribution in [0.15, 0.2) is 142 Å². The summed E-state index contributed by atoms with van der Waals surface area (Å²) in [7, 11) is 0. The second-order valence-corrected chi connectivity index (χ2v) is 15.1. The molecule has 5 rings (SSSR count). The summed E-state index contributed by atoms with van der Waals surface area (Å²) < 4.78 is 5.31. The number of ether oxygens (including phenoxy) is 1. The van der Waals surface area contributed by atoms with Gasteiger partial charge in [0, 0.05) is 32.4 Å². The van der Waals surface area contributed by atoms with Crippen molar-refractivity contribution in [1.29, 1.82) is 0 Å². The number of carbonyl (C=O) groups is 2. The van der Waals surface area contributed by atoms with Crippen LogP contribution < -0.4 is 4.74 Å². The summed E-state index contributed by atoms with van der Waals surface area (Å²) in [6.07, 6.45) is 4.27. The maximum absolute atomic E-state index is 11.0. The highest BCUT2D eigenvalue weighted by Crippen LogP contribution is 2.27. The summed E-state index contributed by atoms with van der Waals surface area (Å²) in [5.41, 5.74) is 11.2. The average Bonchev–Trinajstić information content (AvgIpc) is 3.17. The van der Waals surface area contributed by atoms with Crippen LogP contribution in [0.3, 0.4) is 0 Å². The normalized spacial score (nSPS) is 11.2. The minimum atomic E-state index is -0.992. The molecule has 5 aromatic carbocycles. The number of aryl methyl sites for hydroxylation is 2. The summed E-state index contributed by atoms with van der Waals surface area (Å²) in [6.45, 7) is 7.54. The smallest absolute Gasteiger partial charge is 0.341 e. The summed E-state index contributed by atoms with van der Waals surface area (Å²) in [6, 6.07) is 36.9. The minimum Gasteiger partial charge on any atom is -0.482 e. The predicted molar refractivity (Wildman–Crippen MR) is 227 cm³/mol. The van der Waals surface area contributed by atoms with Crippen LogP contribution in [0.25, 0.3) is 22.3 Å². The molecule has 0 aromatic heterocycles. The highest BCUT2D eigenvalue weighted by Gasteiger charge is 2.06. The monoisotopic (exact) mass is 762 g/mol. The van der Waals surface area contributed by atoms with Crippen molar-refractivity contribution in [2.75, 3.05) is 18.1 Å². The van der Waals surface area contributed by atoms with E-state index in [-0.39, 0.29) is 13.0 Å². The number of rotatable bonds is 13. The Morgan fingerprint density at radius 3 is 1.45 bits per heavy atom. The standard InChI is InChI=1S/C48H42O5S2/c1-33(25-27-54-44-22-21-43(31-47(49)50)35(3)29-44)5-7-37-9-13-39(14-10-37)41-17-19-42(20-18-41)40-15-11-38(12-16-40)8-6-34(2)26-28-55-45-23-24-46(36(4)30-45)53-32-48(51)52/h9-26,29-30H,27-28,31-32H2,1-4H3,(H,49,50)(H,51,52). The van der Waals surface area contributed by atoms with E-state index in [2.05, 4.69) is 109 Å². The Hall–Kier alpha value is -5.86. The molecule has 0 amide bonds. The van der Waals surface area contributed by atoms with E-state index in [0.717, 1.165) is 82.5 Å². The molecule has 0 saturated carbocycles. The molecule has 0 atom stereocenters. The Morgan fingerprint density at radius 1 is 0.600 bits per heavy atom. The molecular weight excluding hydrogens is 721 g/mol. The van der Waals surface area contributed by atoms with Crippen LogP contribution in [0.4, 0.5) is 0 Å². The Labute approximate surface area is 332 Å². The van der Waals surface area contributed by atoms with Crippen LogP contribution >= 0.6 is 23.5 Å². The first kappa shape index (κ1) is 40.3. The van der Waals surface area contributed by atoms with E-state index in [0.29, 0.717) is 5.75 Å². The summed E-state index contributed by atoms with van der Waals surface area (Å²) in [5, 5.41) is 17.9. The molecule has 0 unspecified atom stereocenters. The highest BCUT2D eigenvalue weighted by molar-refractivity contribution is 7.99. The third-order valence-corrected chi connectivity index (χ3v) is 10.4. The van der Waals surface area contributed by atoms with Crippen LogP contribution in [0.1, 0.15) is 41.7 Å². The number of benzene rings is 5. The first-order valence-corrected chi connectivity index (χ1v) is 19.7. The molecule has 0 aliphatic rings. The number of carboxylic acid groups (broad SMARTS) is 2. The lowest BCUT2D eigenvalue weighted by atomic mass is 9.99. The first-order chi connectivity index (χ1) is 26.5. The van der Waals surface area contributed by atoms with Gasteiger partial charge in [0.15, 0.2) is 6.61 Å². The number of hydrogen-bond acceptors (Lipinski definition) is 5. The van der Waals surface area contributed by atoms with Crippen LogP contribution in [-0.4, -0.2) is 40.3 Å². The van der Waals surface area contributed by atoms with E-state index in [9.17, 15) is 9.59 Å². The maximum atomic E-state index is 11.0. The number of carboxylic acids is 2. The van der Waals surface area contributed by atoms with Crippen molar-refractivity contribution >= 4 is 35.5 Å². The minimum absolute atomic E-state index is 0.0460. The third kappa shape index (κ3) is 12.9. The highest BCUT2D eigenvalue weighted by atomic mass is 32.2. The molecule has 0 aliphatic heterocycles. The van der Waals surface area contributed by atoms with Gasteiger partial charge in [0.2, 0.25) is 0 Å². The van der Waals surface area contributed by atoms with Gasteiger partial charge in [-0.1, -0.05) is 90.4 Å². The Balaban J connectivity index is 1.10. The fourth-order valence-corrected chi connectivity index (χ4v) is 7.35. The van der Waals surface area contributed by atoms with Gasteiger partial charge in [-0.05, 0) is 132 Å². The fraction of sp³-hybridized carbons (Fsp3) is 0.167. The Bertz CT molecular complexity index is 2330. The topological polar surface area (TPSA) is 83.8 Å². The van der Waals surface area contributed by atoms with Crippen molar-refractivity contribution < 1.29 is 24.5 Å². The van der Waals surface area contributed by atoms with Crippen molar-refractivity contribution in [3.05, 3.63) is 160 Å². The van der Waals surface area contributed by atoms with Gasteiger partial charge in [-0.3, -0.25) is 4.79 Å². The Morgan fingerprint density at radius 2 is 1.04 bits per heavy atom. The zero-order chi connectivity index (χ0) is 39.2. The van der Waals surface area contributed by atoms with Gasteiger partial charge >= 0.3 is 11.9 Å². The predicted octanol–water partition coefficient (Wildman–Crippen LogP) is 10.9. The summed E-state index contributed by atoms with van der Waals surface area (Å²) in [5.74, 6) is 13.4. The van der Waals surface area contributed by atoms with E-state index in [1.165, 1.54) is 0 Å². The lowest BCUT2D eigenvalue weighted by Gasteiger charge is -2.08. The zero-order valence-corrected chi connectivity index (χ0v) is 32.9. The second-order valence-electron chi connectivity index (χ2n) is 12.9. The largest absolute Gasteiger partial charge is 0.482 e. The fourth-order valence-electron chi connectivity index (χ4n) is 5.45. The SMILES string of the molecule is CC(C#Cc1ccc(-c2ccc(-c3ccc(C#CC(C)=CCSc4ccc(OCC(=O)O)c(C)c4)cc3)cc2)cc1)=CCSc1ccc(CC(=O)O)c(C)c1. The summed E-state index contributed by atoms with van der Waals surface area (Å²) in [4.78, 5) is 24.0. The van der Waals surface area contributed by atoms with E-state index >= 15 is 0 Å². The first-order valence-electron chi connectivity index (χ1n) is 17.7. The number of allylic oxidation sites excluding steroid dienone is 2. The molecule has 7 heteroatoms. The molecular formula is C48H42O5S2. The molecule has 0 aliphatic carbocycles. The molecule has 0 spiro atoms. The van der Waals surface area contributed by atoms with Crippen LogP contribution in [-0.2, 0) is 16.0 Å². The van der Waals surface area contributed by atoms with Crippen LogP contribution in [0.5, 0.6) is 5.75 Å². The Kier molecular flexibility index (Phi) is 14.7. The van der Waals surface area contributed by atoms with E-state index < -0.39 is 11.9 Å². The van der Waals surface area contributed by atoms with E-state index in [4.69, 9.17) is 14.9 Å². The third-order valence-electron chi connectivity index (χ3n) is 8.56. The summed E-state index contributed by atoms with van der Waals surface area (Å²) >= 11 is 3.40. The van der Waals surface area contributed by atoms with Crippen molar-refractivity contribution in [3.63, 3.8) is 0 Å². The molecule has 0 saturated heterocycles. The molecule has 2 N–H and O–H groups in total. The van der Waals surface area contributed by atoms with Gasteiger partial charge in [0.1, 0.15) is 5.75 Å². The number of thioether (sulfide) groups is 2. The van der Waals surface area contributed by atoms with Gasteiger partial charge in [-0.25, -0.2) is 4.79 Å². The molecule has 0 bridgehead atoms. The van der Waals surface area contributed by atoms with Gasteiger partial charge in [0.05, 0.1) is 6.42 Å². The van der Waals surface area contributed by atoms with Crippen LogP contribution in [0, 0.1) is 37.5 Å². The van der Waals surface area contributed by atoms with Gasteiger partial charge in [-0.15, -0.1) is 23.5 Å². The number of aliphatic carboxylic acids is 2. The zero-order valence-electron chi connectivity index (χ0n) is 31.3. The van der Waals surface area contributed by atoms with E-state index in [1.54, 1.807) is 23.5 Å². The molecule has 0 fully saturated rings. The number of hydrogen-bond donors (Lipinski definition) is 2. The van der Waals surface area contributed by atoms with Crippen molar-refractivity contribution in [1.82, 2.24) is 0 Å². The van der Waals surface area contributed by atoms with Crippen molar-refractivity contribution in [2.45, 2.75) is 43.9 Å². The molecule has 276 valence electrons. The lowest BCUT2D eigenvalue weighted by molar-refractivity contribution is -0.139. The van der Waals surface area contributed by atoms with Gasteiger partial charge in [-0.2, -0.15) is 0 Å². The molecule has 5 aromatic rings. The molecule has 55 heavy (non-hydrogen) atoms. The average molecular weight is 763 g/mol. The van der Waals surface area contributed by atoms with Gasteiger partial charge in [0.25, 0.3) is 0 Å².